The van der Waals surface area contributed by atoms with Crippen molar-refractivity contribution in [2.75, 3.05) is 13.2 Å². The van der Waals surface area contributed by atoms with Gasteiger partial charge in [0.2, 0.25) is 0 Å². The Morgan fingerprint density at radius 1 is 0.968 bits per heavy atom. The number of nitrogens with zero attached hydrogens (tertiary/aromatic N) is 5. The van der Waals surface area contributed by atoms with Gasteiger partial charge in [-0.05, 0) is 48.5 Å². The number of rotatable bonds is 2. The van der Waals surface area contributed by atoms with Gasteiger partial charge >= 0.3 is 0 Å². The maximum atomic E-state index is 13.1. The van der Waals surface area contributed by atoms with Gasteiger partial charge in [0.1, 0.15) is 13.2 Å². The SMILES string of the molecule is O=c1c2cnc3nc(-c4ccc5c(c4)OCCO5)nn3c2ccn1-c1ccc(Br)cc1. The van der Waals surface area contributed by atoms with Crippen LogP contribution in [-0.4, -0.2) is 37.4 Å². The number of pyridine rings is 1. The van der Waals surface area contributed by atoms with Crippen LogP contribution in [0.2, 0.25) is 0 Å². The molecule has 0 bridgehead atoms. The number of aromatic nitrogens is 5. The first-order chi connectivity index (χ1) is 15.2. The Kier molecular flexibility index (Phi) is 4.03. The van der Waals surface area contributed by atoms with Crippen LogP contribution in [0.15, 0.2) is 70.2 Å². The Hall–Kier alpha value is -3.72. The summed E-state index contributed by atoms with van der Waals surface area (Å²) in [5.74, 6) is 2.28. The van der Waals surface area contributed by atoms with Crippen LogP contribution in [0.25, 0.3) is 33.8 Å². The molecule has 9 heteroatoms. The first-order valence-electron chi connectivity index (χ1n) is 9.60. The summed E-state index contributed by atoms with van der Waals surface area (Å²) in [6.07, 6.45) is 3.28. The van der Waals surface area contributed by atoms with Crippen molar-refractivity contribution in [2.45, 2.75) is 0 Å². The molecule has 8 nitrogen and oxygen atoms in total. The van der Waals surface area contributed by atoms with E-state index in [1.807, 2.05) is 48.5 Å². The molecule has 0 atom stereocenters. The van der Waals surface area contributed by atoms with Crippen molar-refractivity contribution in [1.82, 2.24) is 24.1 Å². The third kappa shape index (κ3) is 2.97. The monoisotopic (exact) mass is 475 g/mol. The molecule has 2 aromatic carbocycles. The fourth-order valence-corrected chi connectivity index (χ4v) is 3.89. The van der Waals surface area contributed by atoms with Gasteiger partial charge < -0.3 is 9.47 Å². The van der Waals surface area contributed by atoms with Crippen LogP contribution in [0.3, 0.4) is 0 Å². The lowest BCUT2D eigenvalue weighted by Gasteiger charge is -2.18. The van der Waals surface area contributed by atoms with Crippen LogP contribution < -0.4 is 15.0 Å². The molecular formula is C22H14BrN5O3. The first-order valence-corrected chi connectivity index (χ1v) is 10.4. The smallest absolute Gasteiger partial charge is 0.266 e. The van der Waals surface area contributed by atoms with E-state index >= 15 is 0 Å². The van der Waals surface area contributed by atoms with Gasteiger partial charge in [-0.3, -0.25) is 9.36 Å². The third-order valence-electron chi connectivity index (χ3n) is 5.14. The highest BCUT2D eigenvalue weighted by Gasteiger charge is 2.16. The van der Waals surface area contributed by atoms with Crippen LogP contribution >= 0.6 is 15.9 Å². The van der Waals surface area contributed by atoms with Crippen LogP contribution in [-0.2, 0) is 0 Å². The summed E-state index contributed by atoms with van der Waals surface area (Å²) in [6.45, 7) is 1.04. The van der Waals surface area contributed by atoms with Crippen LogP contribution in [0.5, 0.6) is 11.5 Å². The molecule has 0 N–H and O–H groups in total. The Bertz CT molecular complexity index is 1520. The largest absolute Gasteiger partial charge is 0.486 e. The van der Waals surface area contributed by atoms with Crippen molar-refractivity contribution >= 4 is 32.6 Å². The summed E-state index contributed by atoms with van der Waals surface area (Å²) in [6, 6.07) is 15.0. The van der Waals surface area contributed by atoms with Gasteiger partial charge in [0.05, 0.1) is 10.9 Å². The average Bonchev–Trinajstić information content (AvgIpc) is 3.25. The minimum absolute atomic E-state index is 0.175. The first kappa shape index (κ1) is 18.1. The number of halogens is 1. The van der Waals surface area contributed by atoms with Gasteiger partial charge in [0.15, 0.2) is 17.3 Å². The predicted octanol–water partition coefficient (Wildman–Crippen LogP) is 3.63. The van der Waals surface area contributed by atoms with E-state index in [0.717, 1.165) is 15.7 Å². The van der Waals surface area contributed by atoms with E-state index < -0.39 is 0 Å². The molecule has 152 valence electrons. The van der Waals surface area contributed by atoms with E-state index in [2.05, 4.69) is 31.0 Å². The van der Waals surface area contributed by atoms with E-state index in [0.29, 0.717) is 47.2 Å². The molecular weight excluding hydrogens is 462 g/mol. The Labute approximate surface area is 183 Å². The van der Waals surface area contributed by atoms with E-state index in [-0.39, 0.29) is 5.56 Å². The van der Waals surface area contributed by atoms with Crippen molar-refractivity contribution in [3.8, 4) is 28.6 Å². The fourth-order valence-electron chi connectivity index (χ4n) is 3.63. The zero-order valence-electron chi connectivity index (χ0n) is 16.0. The number of ether oxygens (including phenoxy) is 2. The number of fused-ring (bicyclic) bond motifs is 4. The minimum atomic E-state index is -0.175. The zero-order chi connectivity index (χ0) is 20.9. The van der Waals surface area contributed by atoms with Gasteiger partial charge in [-0.1, -0.05) is 15.9 Å². The molecule has 0 saturated heterocycles. The van der Waals surface area contributed by atoms with Gasteiger partial charge in [-0.15, -0.1) is 5.10 Å². The third-order valence-corrected chi connectivity index (χ3v) is 5.67. The molecule has 0 spiro atoms. The lowest BCUT2D eigenvalue weighted by Crippen LogP contribution is -2.18. The highest BCUT2D eigenvalue weighted by atomic mass is 79.9. The van der Waals surface area contributed by atoms with E-state index in [1.165, 1.54) is 0 Å². The number of hydrogen-bond acceptors (Lipinski definition) is 6. The number of benzene rings is 2. The van der Waals surface area contributed by atoms with Crippen LogP contribution in [0.1, 0.15) is 0 Å². The Balaban J connectivity index is 1.49. The molecule has 4 heterocycles. The predicted molar refractivity (Wildman–Crippen MR) is 118 cm³/mol. The summed E-state index contributed by atoms with van der Waals surface area (Å²) in [5, 5.41) is 5.06. The molecule has 0 radical (unpaired) electrons. The molecule has 5 aromatic rings. The van der Waals surface area contributed by atoms with Crippen molar-refractivity contribution < 1.29 is 9.47 Å². The lowest BCUT2D eigenvalue weighted by atomic mass is 10.2. The maximum Gasteiger partial charge on any atom is 0.266 e. The molecule has 6 rings (SSSR count). The molecule has 0 fully saturated rings. The summed E-state index contributed by atoms with van der Waals surface area (Å²) >= 11 is 3.41. The van der Waals surface area contributed by atoms with Gasteiger partial charge in [0.25, 0.3) is 11.3 Å². The van der Waals surface area contributed by atoms with Crippen LogP contribution in [0, 0.1) is 0 Å². The molecule has 3 aromatic heterocycles. The molecule has 31 heavy (non-hydrogen) atoms. The average molecular weight is 476 g/mol. The molecule has 0 amide bonds. The minimum Gasteiger partial charge on any atom is -0.486 e. The number of hydrogen-bond donors (Lipinski definition) is 0. The molecule has 1 aliphatic rings. The van der Waals surface area contributed by atoms with Crippen LogP contribution in [0.4, 0.5) is 0 Å². The molecule has 0 unspecified atom stereocenters. The maximum absolute atomic E-state index is 13.1. The molecule has 1 aliphatic heterocycles. The summed E-state index contributed by atoms with van der Waals surface area (Å²) in [7, 11) is 0. The van der Waals surface area contributed by atoms with E-state index in [4.69, 9.17) is 9.47 Å². The van der Waals surface area contributed by atoms with E-state index in [9.17, 15) is 4.79 Å². The Morgan fingerprint density at radius 2 is 1.77 bits per heavy atom. The topological polar surface area (TPSA) is 83.5 Å². The molecule has 0 saturated carbocycles. The summed E-state index contributed by atoms with van der Waals surface area (Å²) in [5.41, 5.74) is 2.02. The van der Waals surface area contributed by atoms with Crippen molar-refractivity contribution in [3.05, 3.63) is 75.8 Å². The summed E-state index contributed by atoms with van der Waals surface area (Å²) < 4.78 is 15.4. The second-order valence-corrected chi connectivity index (χ2v) is 7.95. The normalized spacial score (nSPS) is 13.1. The highest BCUT2D eigenvalue weighted by Crippen LogP contribution is 2.33. The Morgan fingerprint density at radius 3 is 2.61 bits per heavy atom. The molecule has 0 aliphatic carbocycles. The second-order valence-electron chi connectivity index (χ2n) is 7.03. The second kappa shape index (κ2) is 6.92. The lowest BCUT2D eigenvalue weighted by molar-refractivity contribution is 0.171. The quantitative estimate of drug-likeness (QED) is 0.387. The van der Waals surface area contributed by atoms with Crippen molar-refractivity contribution in [1.29, 1.82) is 0 Å². The van der Waals surface area contributed by atoms with E-state index in [1.54, 1.807) is 21.5 Å². The standard InChI is InChI=1S/C22H14BrN5O3/c23-14-2-4-15(5-3-14)27-8-7-17-16(21(27)29)12-24-22-25-20(26-28(17)22)13-1-6-18-19(11-13)31-10-9-30-18/h1-8,11-12H,9-10H2. The van der Waals surface area contributed by atoms with Gasteiger partial charge in [0, 0.05) is 28.1 Å². The van der Waals surface area contributed by atoms with Gasteiger partial charge in [-0.25, -0.2) is 4.98 Å². The van der Waals surface area contributed by atoms with Crippen molar-refractivity contribution in [2.24, 2.45) is 0 Å². The fraction of sp³-hybridized carbons (Fsp3) is 0.0909. The zero-order valence-corrected chi connectivity index (χ0v) is 17.6. The van der Waals surface area contributed by atoms with Gasteiger partial charge in [-0.2, -0.15) is 9.50 Å². The highest BCUT2D eigenvalue weighted by molar-refractivity contribution is 9.10. The van der Waals surface area contributed by atoms with Crippen molar-refractivity contribution in [3.63, 3.8) is 0 Å². The summed E-state index contributed by atoms with van der Waals surface area (Å²) in [4.78, 5) is 22.0.